The van der Waals surface area contributed by atoms with Crippen molar-refractivity contribution in [2.45, 2.75) is 64.1 Å². The van der Waals surface area contributed by atoms with E-state index in [1.54, 1.807) is 4.90 Å². The van der Waals surface area contributed by atoms with Crippen LogP contribution in [0.3, 0.4) is 0 Å². The lowest BCUT2D eigenvalue weighted by Gasteiger charge is -2.34. The molecular formula is C23H31ClN2O5. The Morgan fingerprint density at radius 1 is 1.26 bits per heavy atom. The highest BCUT2D eigenvalue weighted by molar-refractivity contribution is 6.18. The molecule has 2 aliphatic heterocycles. The van der Waals surface area contributed by atoms with Gasteiger partial charge in [-0.1, -0.05) is 30.3 Å². The van der Waals surface area contributed by atoms with Crippen LogP contribution in [-0.2, 0) is 20.7 Å². The van der Waals surface area contributed by atoms with Gasteiger partial charge in [-0.15, -0.1) is 11.6 Å². The molecule has 2 aliphatic rings. The van der Waals surface area contributed by atoms with Gasteiger partial charge in [0.05, 0.1) is 12.0 Å². The van der Waals surface area contributed by atoms with Crippen molar-refractivity contribution in [3.63, 3.8) is 0 Å². The molecule has 1 aromatic carbocycles. The summed E-state index contributed by atoms with van der Waals surface area (Å²) in [6.45, 7) is 6.11. The number of hydrogen-bond donors (Lipinski definition) is 0. The van der Waals surface area contributed by atoms with Gasteiger partial charge in [0.2, 0.25) is 5.91 Å². The Morgan fingerprint density at radius 3 is 2.61 bits per heavy atom. The Kier molecular flexibility index (Phi) is 7.46. The molecule has 0 saturated carbocycles. The van der Waals surface area contributed by atoms with Crippen LogP contribution in [0.1, 0.15) is 45.6 Å². The SMILES string of the molecule is CC(C)(C)OC(=O)N1CCC[C@@H]1[C@@H](CCCl)C(=O)N1C(=O)OC[C@@H]1Cc1ccccc1. The minimum Gasteiger partial charge on any atom is -0.447 e. The Bertz CT molecular complexity index is 795. The van der Waals surface area contributed by atoms with Crippen LogP contribution in [0.25, 0.3) is 0 Å². The highest BCUT2D eigenvalue weighted by Crippen LogP contribution is 2.31. The molecular weight excluding hydrogens is 420 g/mol. The van der Waals surface area contributed by atoms with Gasteiger partial charge < -0.3 is 14.4 Å². The molecule has 0 N–H and O–H groups in total. The summed E-state index contributed by atoms with van der Waals surface area (Å²) in [5, 5.41) is 0. The van der Waals surface area contributed by atoms with Crippen molar-refractivity contribution in [3.8, 4) is 0 Å². The summed E-state index contributed by atoms with van der Waals surface area (Å²) in [5.74, 6) is -0.664. The van der Waals surface area contributed by atoms with E-state index in [2.05, 4.69) is 0 Å². The van der Waals surface area contributed by atoms with E-state index in [4.69, 9.17) is 21.1 Å². The normalized spacial score (nSPS) is 22.4. The molecule has 0 aliphatic carbocycles. The molecule has 3 amide bonds. The summed E-state index contributed by atoms with van der Waals surface area (Å²) >= 11 is 6.04. The van der Waals surface area contributed by atoms with Crippen molar-refractivity contribution in [1.29, 1.82) is 0 Å². The third-order valence-corrected chi connectivity index (χ3v) is 5.86. The zero-order valence-electron chi connectivity index (χ0n) is 18.4. The standard InChI is InChI=1S/C23H31ClN2O5/c1-23(2,3)31-21(28)25-13-7-10-19(25)18(11-12-24)20(27)26-17(15-30-22(26)29)14-16-8-5-4-6-9-16/h4-6,8-9,17-19H,7,10-15H2,1-3H3/t17-,18+,19+/m0/s1. The highest BCUT2D eigenvalue weighted by atomic mass is 35.5. The van der Waals surface area contributed by atoms with Crippen LogP contribution in [0.2, 0.25) is 0 Å². The van der Waals surface area contributed by atoms with E-state index in [1.165, 1.54) is 4.90 Å². The van der Waals surface area contributed by atoms with E-state index in [0.29, 0.717) is 25.8 Å². The number of rotatable bonds is 6. The van der Waals surface area contributed by atoms with Crippen LogP contribution in [-0.4, -0.2) is 64.6 Å². The Hall–Kier alpha value is -2.28. The quantitative estimate of drug-likeness (QED) is 0.606. The first-order chi connectivity index (χ1) is 14.7. The van der Waals surface area contributed by atoms with Gasteiger partial charge in [-0.2, -0.15) is 0 Å². The average Bonchev–Trinajstić information content (AvgIpc) is 3.32. The van der Waals surface area contributed by atoms with Crippen molar-refractivity contribution in [3.05, 3.63) is 35.9 Å². The second-order valence-corrected chi connectivity index (χ2v) is 9.47. The maximum atomic E-state index is 13.6. The molecule has 3 rings (SSSR count). The smallest absolute Gasteiger partial charge is 0.416 e. The zero-order valence-corrected chi connectivity index (χ0v) is 19.1. The molecule has 2 heterocycles. The maximum Gasteiger partial charge on any atom is 0.416 e. The van der Waals surface area contributed by atoms with E-state index in [9.17, 15) is 14.4 Å². The molecule has 0 radical (unpaired) electrons. The first-order valence-electron chi connectivity index (χ1n) is 10.8. The summed E-state index contributed by atoms with van der Waals surface area (Å²) in [6.07, 6.45) is 1.25. The molecule has 170 valence electrons. The highest BCUT2D eigenvalue weighted by Gasteiger charge is 2.46. The van der Waals surface area contributed by atoms with E-state index in [1.807, 2.05) is 51.1 Å². The molecule has 0 unspecified atom stereocenters. The first kappa shape index (κ1) is 23.4. The lowest BCUT2D eigenvalue weighted by atomic mass is 9.92. The molecule has 0 aromatic heterocycles. The topological polar surface area (TPSA) is 76.2 Å². The van der Waals surface area contributed by atoms with Crippen LogP contribution < -0.4 is 0 Å². The molecule has 3 atom stereocenters. The minimum absolute atomic E-state index is 0.160. The number of cyclic esters (lactones) is 1. The van der Waals surface area contributed by atoms with E-state index < -0.39 is 23.7 Å². The number of carbonyl (C=O) groups is 3. The summed E-state index contributed by atoms with van der Waals surface area (Å²) in [7, 11) is 0. The number of alkyl halides is 1. The molecule has 7 nitrogen and oxygen atoms in total. The van der Waals surface area contributed by atoms with Crippen LogP contribution >= 0.6 is 11.6 Å². The third-order valence-electron chi connectivity index (χ3n) is 5.64. The number of benzene rings is 1. The fourth-order valence-corrected chi connectivity index (χ4v) is 4.54. The molecule has 1 aromatic rings. The fourth-order valence-electron chi connectivity index (χ4n) is 4.30. The molecule has 31 heavy (non-hydrogen) atoms. The minimum atomic E-state index is -0.632. The summed E-state index contributed by atoms with van der Waals surface area (Å²) < 4.78 is 10.8. The lowest BCUT2D eigenvalue weighted by Crippen LogP contribution is -2.51. The number of amides is 3. The Morgan fingerprint density at radius 2 is 1.97 bits per heavy atom. The molecule has 0 spiro atoms. The van der Waals surface area contributed by atoms with Gasteiger partial charge in [0.25, 0.3) is 0 Å². The van der Waals surface area contributed by atoms with Gasteiger partial charge >= 0.3 is 12.2 Å². The maximum absolute atomic E-state index is 13.6. The number of halogens is 1. The number of hydrogen-bond acceptors (Lipinski definition) is 5. The molecule has 2 fully saturated rings. The summed E-state index contributed by atoms with van der Waals surface area (Å²) in [5.41, 5.74) is 0.393. The second-order valence-electron chi connectivity index (χ2n) is 9.10. The second kappa shape index (κ2) is 9.90. The third kappa shape index (κ3) is 5.70. The van der Waals surface area contributed by atoms with E-state index in [0.717, 1.165) is 12.0 Å². The summed E-state index contributed by atoms with van der Waals surface area (Å²) in [6, 6.07) is 8.96. The van der Waals surface area contributed by atoms with Crippen LogP contribution in [0.15, 0.2) is 30.3 Å². The molecule has 0 bridgehead atoms. The fraction of sp³-hybridized carbons (Fsp3) is 0.609. The first-order valence-corrected chi connectivity index (χ1v) is 11.3. The number of imide groups is 1. The van der Waals surface area contributed by atoms with Crippen molar-refractivity contribution < 1.29 is 23.9 Å². The monoisotopic (exact) mass is 450 g/mol. The van der Waals surface area contributed by atoms with Gasteiger partial charge in [-0.3, -0.25) is 4.79 Å². The van der Waals surface area contributed by atoms with Crippen molar-refractivity contribution in [1.82, 2.24) is 9.80 Å². The van der Waals surface area contributed by atoms with Crippen LogP contribution in [0, 0.1) is 5.92 Å². The van der Waals surface area contributed by atoms with Crippen molar-refractivity contribution >= 4 is 29.7 Å². The number of likely N-dealkylation sites (tertiary alicyclic amines) is 1. The van der Waals surface area contributed by atoms with Crippen LogP contribution in [0.4, 0.5) is 9.59 Å². The van der Waals surface area contributed by atoms with Crippen molar-refractivity contribution in [2.24, 2.45) is 5.92 Å². The van der Waals surface area contributed by atoms with Gasteiger partial charge in [0, 0.05) is 18.5 Å². The zero-order chi connectivity index (χ0) is 22.6. The predicted molar refractivity (Wildman–Crippen MR) is 117 cm³/mol. The Labute approximate surface area is 188 Å². The number of carbonyl (C=O) groups excluding carboxylic acids is 3. The molecule has 2 saturated heterocycles. The largest absolute Gasteiger partial charge is 0.447 e. The van der Waals surface area contributed by atoms with Crippen LogP contribution in [0.5, 0.6) is 0 Å². The summed E-state index contributed by atoms with van der Waals surface area (Å²) in [4.78, 5) is 41.7. The van der Waals surface area contributed by atoms with Gasteiger partial charge in [0.1, 0.15) is 12.2 Å². The molecule has 8 heteroatoms. The van der Waals surface area contributed by atoms with E-state index >= 15 is 0 Å². The number of ether oxygens (including phenoxy) is 2. The predicted octanol–water partition coefficient (Wildman–Crippen LogP) is 4.22. The Balaban J connectivity index is 1.79. The van der Waals surface area contributed by atoms with Crippen molar-refractivity contribution in [2.75, 3.05) is 19.0 Å². The van der Waals surface area contributed by atoms with Gasteiger partial charge in [0.15, 0.2) is 0 Å². The average molecular weight is 451 g/mol. The lowest BCUT2D eigenvalue weighted by molar-refractivity contribution is -0.135. The van der Waals surface area contributed by atoms with Gasteiger partial charge in [-0.05, 0) is 52.0 Å². The van der Waals surface area contributed by atoms with E-state index in [-0.39, 0.29) is 30.5 Å². The number of nitrogens with zero attached hydrogens (tertiary/aromatic N) is 2. The van der Waals surface area contributed by atoms with Gasteiger partial charge in [-0.25, -0.2) is 14.5 Å².